The molecule has 2 N–H and O–H groups in total. The highest BCUT2D eigenvalue weighted by Crippen LogP contribution is 2.29. The van der Waals surface area contributed by atoms with E-state index < -0.39 is 5.82 Å². The number of anilines is 1. The van der Waals surface area contributed by atoms with Crippen LogP contribution in [0.25, 0.3) is 0 Å². The number of benzene rings is 1. The molecule has 3 nitrogen and oxygen atoms in total. The summed E-state index contributed by atoms with van der Waals surface area (Å²) in [6.07, 6.45) is 1.60. The van der Waals surface area contributed by atoms with Crippen LogP contribution in [0.2, 0.25) is 5.02 Å². The summed E-state index contributed by atoms with van der Waals surface area (Å²) in [4.78, 5) is 4.04. The quantitative estimate of drug-likeness (QED) is 0.889. The van der Waals surface area contributed by atoms with Crippen LogP contribution in [0.5, 0.6) is 11.6 Å². The number of hydrogen-bond acceptors (Lipinski definition) is 3. The van der Waals surface area contributed by atoms with Crippen molar-refractivity contribution in [3.63, 3.8) is 0 Å². The zero-order valence-electron chi connectivity index (χ0n) is 9.08. The van der Waals surface area contributed by atoms with Crippen LogP contribution in [0.15, 0.2) is 30.5 Å². The van der Waals surface area contributed by atoms with Crippen LogP contribution in [-0.2, 0) is 0 Å². The summed E-state index contributed by atoms with van der Waals surface area (Å²) in [5.41, 5.74) is 7.16. The van der Waals surface area contributed by atoms with Crippen molar-refractivity contribution >= 4 is 17.3 Å². The molecular formula is C12H10ClFN2O. The molecule has 0 atom stereocenters. The molecule has 0 bridgehead atoms. The predicted molar refractivity (Wildman–Crippen MR) is 64.9 cm³/mol. The van der Waals surface area contributed by atoms with E-state index >= 15 is 0 Å². The van der Waals surface area contributed by atoms with Gasteiger partial charge in [-0.2, -0.15) is 0 Å². The lowest BCUT2D eigenvalue weighted by Crippen LogP contribution is -1.94. The third kappa shape index (κ3) is 2.65. The molecule has 1 heterocycles. The molecule has 2 rings (SSSR count). The first kappa shape index (κ1) is 11.7. The van der Waals surface area contributed by atoms with Gasteiger partial charge in [0.25, 0.3) is 0 Å². The second kappa shape index (κ2) is 4.59. The van der Waals surface area contributed by atoms with Crippen LogP contribution in [-0.4, -0.2) is 4.98 Å². The number of halogens is 2. The lowest BCUT2D eigenvalue weighted by atomic mass is 10.3. The summed E-state index contributed by atoms with van der Waals surface area (Å²) in [5.74, 6) is 0.240. The molecule has 1 aromatic heterocycles. The highest BCUT2D eigenvalue weighted by Gasteiger charge is 2.06. The predicted octanol–water partition coefficient (Wildman–Crippen LogP) is 3.56. The number of hydrogen-bond donors (Lipinski definition) is 1. The fourth-order valence-corrected chi connectivity index (χ4v) is 1.45. The van der Waals surface area contributed by atoms with E-state index in [1.54, 1.807) is 12.3 Å². The Bertz CT molecular complexity index is 560. The van der Waals surface area contributed by atoms with Crippen molar-refractivity contribution in [3.8, 4) is 11.6 Å². The molecule has 5 heteroatoms. The first-order valence-electron chi connectivity index (χ1n) is 4.91. The van der Waals surface area contributed by atoms with Crippen molar-refractivity contribution < 1.29 is 9.13 Å². The normalized spacial score (nSPS) is 10.3. The molecule has 1 aromatic carbocycles. The first-order chi connectivity index (χ1) is 8.06. The summed E-state index contributed by atoms with van der Waals surface area (Å²) < 4.78 is 18.2. The maximum atomic E-state index is 12.8. The highest BCUT2D eigenvalue weighted by molar-refractivity contribution is 6.32. The number of rotatable bonds is 2. The number of ether oxygens (including phenoxy) is 1. The van der Waals surface area contributed by atoms with E-state index in [0.717, 1.165) is 5.56 Å². The summed E-state index contributed by atoms with van der Waals surface area (Å²) >= 11 is 5.83. The SMILES string of the molecule is Cc1cnc(Oc2ccc(F)cc2Cl)cc1N. The van der Waals surface area contributed by atoms with Gasteiger partial charge < -0.3 is 10.5 Å². The van der Waals surface area contributed by atoms with Gasteiger partial charge in [0.1, 0.15) is 11.6 Å². The summed E-state index contributed by atoms with van der Waals surface area (Å²) in [7, 11) is 0. The molecule has 0 aliphatic carbocycles. The van der Waals surface area contributed by atoms with Gasteiger partial charge in [-0.1, -0.05) is 11.6 Å². The Morgan fingerprint density at radius 1 is 1.35 bits per heavy atom. The second-order valence-corrected chi connectivity index (χ2v) is 3.96. The smallest absolute Gasteiger partial charge is 0.221 e. The van der Waals surface area contributed by atoms with Crippen molar-refractivity contribution in [3.05, 3.63) is 46.9 Å². The van der Waals surface area contributed by atoms with Gasteiger partial charge in [0.15, 0.2) is 0 Å². The Labute approximate surface area is 103 Å². The molecule has 17 heavy (non-hydrogen) atoms. The molecular weight excluding hydrogens is 243 g/mol. The fraction of sp³-hybridized carbons (Fsp3) is 0.0833. The van der Waals surface area contributed by atoms with E-state index in [1.165, 1.54) is 18.2 Å². The van der Waals surface area contributed by atoms with Crippen molar-refractivity contribution in [2.75, 3.05) is 5.73 Å². The fourth-order valence-electron chi connectivity index (χ4n) is 1.25. The van der Waals surface area contributed by atoms with Crippen LogP contribution < -0.4 is 10.5 Å². The minimum Gasteiger partial charge on any atom is -0.437 e. The van der Waals surface area contributed by atoms with Gasteiger partial charge in [0.05, 0.1) is 5.02 Å². The molecule has 88 valence electrons. The van der Waals surface area contributed by atoms with E-state index in [-0.39, 0.29) is 5.02 Å². The third-order valence-electron chi connectivity index (χ3n) is 2.23. The summed E-state index contributed by atoms with van der Waals surface area (Å²) in [6, 6.07) is 5.47. The average Bonchev–Trinajstić information content (AvgIpc) is 2.27. The van der Waals surface area contributed by atoms with Crippen molar-refractivity contribution in [1.29, 1.82) is 0 Å². The van der Waals surface area contributed by atoms with Gasteiger partial charge >= 0.3 is 0 Å². The Morgan fingerprint density at radius 2 is 2.12 bits per heavy atom. The van der Waals surface area contributed by atoms with Crippen LogP contribution in [0.3, 0.4) is 0 Å². The van der Waals surface area contributed by atoms with Gasteiger partial charge in [0.2, 0.25) is 5.88 Å². The van der Waals surface area contributed by atoms with Gasteiger partial charge in [-0.25, -0.2) is 9.37 Å². The number of nitrogens with two attached hydrogens (primary N) is 1. The maximum absolute atomic E-state index is 12.8. The molecule has 0 fully saturated rings. The molecule has 0 aliphatic heterocycles. The topological polar surface area (TPSA) is 48.1 Å². The second-order valence-electron chi connectivity index (χ2n) is 3.56. The largest absolute Gasteiger partial charge is 0.437 e. The Kier molecular flexibility index (Phi) is 3.15. The van der Waals surface area contributed by atoms with Crippen LogP contribution >= 0.6 is 11.6 Å². The summed E-state index contributed by atoms with van der Waals surface area (Å²) in [5, 5.41) is 0.186. The Hall–Kier alpha value is -1.81. The number of aryl methyl sites for hydroxylation is 1. The van der Waals surface area contributed by atoms with Gasteiger partial charge in [-0.15, -0.1) is 0 Å². The number of nitrogen functional groups attached to an aromatic ring is 1. The standard InChI is InChI=1S/C12H10ClFN2O/c1-7-6-16-12(5-10(7)15)17-11-3-2-8(14)4-9(11)13/h2-6H,1H3,(H2,15,16). The van der Waals surface area contributed by atoms with Gasteiger partial charge in [-0.3, -0.25) is 0 Å². The minimum atomic E-state index is -0.418. The number of pyridine rings is 1. The van der Waals surface area contributed by atoms with Gasteiger partial charge in [0, 0.05) is 18.0 Å². The molecule has 0 saturated carbocycles. The Morgan fingerprint density at radius 3 is 2.76 bits per heavy atom. The zero-order chi connectivity index (χ0) is 12.4. The van der Waals surface area contributed by atoms with E-state index in [0.29, 0.717) is 17.3 Å². The van der Waals surface area contributed by atoms with Gasteiger partial charge in [-0.05, 0) is 30.7 Å². The molecule has 0 unspecified atom stereocenters. The van der Waals surface area contributed by atoms with Crippen molar-refractivity contribution in [1.82, 2.24) is 4.98 Å². The monoisotopic (exact) mass is 252 g/mol. The lowest BCUT2D eigenvalue weighted by molar-refractivity contribution is 0.461. The molecule has 2 aromatic rings. The van der Waals surface area contributed by atoms with E-state index in [9.17, 15) is 4.39 Å². The minimum absolute atomic E-state index is 0.186. The van der Waals surface area contributed by atoms with Crippen molar-refractivity contribution in [2.24, 2.45) is 0 Å². The lowest BCUT2D eigenvalue weighted by Gasteiger charge is -2.08. The molecule has 0 amide bonds. The molecule has 0 radical (unpaired) electrons. The molecule has 0 saturated heterocycles. The van der Waals surface area contributed by atoms with Crippen molar-refractivity contribution in [2.45, 2.75) is 6.92 Å². The van der Waals surface area contributed by atoms with E-state index in [1.807, 2.05) is 6.92 Å². The zero-order valence-corrected chi connectivity index (χ0v) is 9.83. The van der Waals surface area contributed by atoms with Crippen LogP contribution in [0.4, 0.5) is 10.1 Å². The Balaban J connectivity index is 2.28. The number of nitrogens with zero attached hydrogens (tertiary/aromatic N) is 1. The third-order valence-corrected chi connectivity index (χ3v) is 2.52. The maximum Gasteiger partial charge on any atom is 0.221 e. The summed E-state index contributed by atoms with van der Waals surface area (Å²) in [6.45, 7) is 1.84. The van der Waals surface area contributed by atoms with Crippen LogP contribution in [0.1, 0.15) is 5.56 Å². The van der Waals surface area contributed by atoms with Crippen LogP contribution in [0, 0.1) is 12.7 Å². The average molecular weight is 253 g/mol. The molecule has 0 aliphatic rings. The highest BCUT2D eigenvalue weighted by atomic mass is 35.5. The van der Waals surface area contributed by atoms with E-state index in [4.69, 9.17) is 22.1 Å². The first-order valence-corrected chi connectivity index (χ1v) is 5.29. The van der Waals surface area contributed by atoms with E-state index in [2.05, 4.69) is 4.98 Å². The molecule has 0 spiro atoms. The number of aromatic nitrogens is 1.